The van der Waals surface area contributed by atoms with Gasteiger partial charge in [0.25, 0.3) is 5.91 Å². The summed E-state index contributed by atoms with van der Waals surface area (Å²) in [5.41, 5.74) is 8.20. The molecule has 3 N–H and O–H groups in total. The van der Waals surface area contributed by atoms with E-state index in [-0.39, 0.29) is 36.7 Å². The Morgan fingerprint density at radius 1 is 1.21 bits per heavy atom. The summed E-state index contributed by atoms with van der Waals surface area (Å²) in [7, 11) is 0. The number of nitrogens with zero attached hydrogens (tertiary/aromatic N) is 2. The fourth-order valence-corrected chi connectivity index (χ4v) is 5.38. The average Bonchev–Trinajstić information content (AvgIpc) is 3.58. The first-order valence-electron chi connectivity index (χ1n) is 11.1. The summed E-state index contributed by atoms with van der Waals surface area (Å²) in [5, 5.41) is 2.91. The largest absolute Gasteiger partial charge is 0.399 e. The summed E-state index contributed by atoms with van der Waals surface area (Å²) >= 11 is 1.34. The van der Waals surface area contributed by atoms with E-state index in [4.69, 9.17) is 10.5 Å². The molecule has 2 saturated heterocycles. The minimum atomic E-state index is -0.827. The standard InChI is InChI=1S/C25H24N4O4S/c26-17-5-3-15(4-6-17)12-18(25(32)29-11-9-20-23(29)19(30)14-33-20)28-24(31)22-8-7-21(34-22)16-2-1-10-27-13-16/h1-8,10,13,18,20,23H,9,11-12,14,26H2,(H,28,31). The van der Waals surface area contributed by atoms with Crippen LogP contribution in [0, 0.1) is 0 Å². The van der Waals surface area contributed by atoms with Crippen molar-refractivity contribution >= 4 is 34.6 Å². The van der Waals surface area contributed by atoms with Gasteiger partial charge < -0.3 is 20.7 Å². The van der Waals surface area contributed by atoms with Crippen LogP contribution in [0.1, 0.15) is 21.7 Å². The van der Waals surface area contributed by atoms with E-state index in [1.807, 2.05) is 30.3 Å². The van der Waals surface area contributed by atoms with E-state index in [2.05, 4.69) is 10.3 Å². The first-order chi connectivity index (χ1) is 16.5. The topological polar surface area (TPSA) is 115 Å². The number of rotatable bonds is 6. The Morgan fingerprint density at radius 2 is 2.03 bits per heavy atom. The zero-order valence-corrected chi connectivity index (χ0v) is 19.2. The summed E-state index contributed by atoms with van der Waals surface area (Å²) in [6, 6.07) is 13.2. The molecule has 0 radical (unpaired) electrons. The highest BCUT2D eigenvalue weighted by atomic mass is 32.1. The van der Waals surface area contributed by atoms with E-state index in [0.717, 1.165) is 16.0 Å². The Bertz CT molecular complexity index is 1210. The van der Waals surface area contributed by atoms with Crippen molar-refractivity contribution in [2.45, 2.75) is 31.0 Å². The van der Waals surface area contributed by atoms with E-state index in [1.54, 1.807) is 35.5 Å². The van der Waals surface area contributed by atoms with Crippen LogP contribution in [0.25, 0.3) is 10.4 Å². The van der Waals surface area contributed by atoms with Crippen molar-refractivity contribution in [1.82, 2.24) is 15.2 Å². The van der Waals surface area contributed by atoms with Gasteiger partial charge in [0.15, 0.2) is 5.78 Å². The molecular weight excluding hydrogens is 452 g/mol. The van der Waals surface area contributed by atoms with Crippen LogP contribution in [0.4, 0.5) is 5.69 Å². The summed E-state index contributed by atoms with van der Waals surface area (Å²) in [4.78, 5) is 46.2. The fourth-order valence-electron chi connectivity index (χ4n) is 4.48. The highest BCUT2D eigenvalue weighted by Crippen LogP contribution is 2.29. The Kier molecular flexibility index (Phi) is 6.12. The van der Waals surface area contributed by atoms with Crippen LogP contribution in [0.5, 0.6) is 0 Å². The van der Waals surface area contributed by atoms with Crippen molar-refractivity contribution in [3.8, 4) is 10.4 Å². The van der Waals surface area contributed by atoms with Crippen LogP contribution in [0.2, 0.25) is 0 Å². The molecule has 2 fully saturated rings. The van der Waals surface area contributed by atoms with Crippen LogP contribution in [0.3, 0.4) is 0 Å². The Balaban J connectivity index is 1.37. The fraction of sp³-hybridized carbons (Fsp3) is 0.280. The first kappa shape index (κ1) is 22.2. The minimum Gasteiger partial charge on any atom is -0.399 e. The Morgan fingerprint density at radius 3 is 2.79 bits per heavy atom. The zero-order valence-electron chi connectivity index (χ0n) is 18.3. The number of ether oxygens (including phenoxy) is 1. The second kappa shape index (κ2) is 9.36. The number of carbonyl (C=O) groups excluding carboxylic acids is 3. The summed E-state index contributed by atoms with van der Waals surface area (Å²) in [5.74, 6) is -0.702. The number of nitrogens with one attached hydrogen (secondary N) is 1. The number of carbonyl (C=O) groups is 3. The van der Waals surface area contributed by atoms with E-state index in [0.29, 0.717) is 23.5 Å². The van der Waals surface area contributed by atoms with Crippen LogP contribution < -0.4 is 11.1 Å². The quantitative estimate of drug-likeness (QED) is 0.528. The molecule has 2 amide bonds. The lowest BCUT2D eigenvalue weighted by molar-refractivity contribution is -0.138. The molecule has 3 aromatic rings. The third kappa shape index (κ3) is 4.44. The smallest absolute Gasteiger partial charge is 0.262 e. The third-order valence-corrected chi connectivity index (χ3v) is 7.33. The molecule has 0 aliphatic carbocycles. The molecule has 0 bridgehead atoms. The van der Waals surface area contributed by atoms with Gasteiger partial charge in [-0.1, -0.05) is 18.2 Å². The number of likely N-dealkylation sites (tertiary alicyclic amines) is 1. The predicted octanol–water partition coefficient (Wildman–Crippen LogP) is 2.30. The molecular formula is C25H24N4O4S. The van der Waals surface area contributed by atoms with Gasteiger partial charge in [-0.3, -0.25) is 19.4 Å². The molecule has 5 rings (SSSR count). The first-order valence-corrected chi connectivity index (χ1v) is 11.9. The summed E-state index contributed by atoms with van der Waals surface area (Å²) in [6.07, 6.45) is 4.08. The van der Waals surface area contributed by atoms with Gasteiger partial charge in [0.1, 0.15) is 18.7 Å². The maximum atomic E-state index is 13.6. The molecule has 9 heteroatoms. The summed E-state index contributed by atoms with van der Waals surface area (Å²) < 4.78 is 5.53. The van der Waals surface area contributed by atoms with E-state index in [1.165, 1.54) is 11.3 Å². The maximum Gasteiger partial charge on any atom is 0.262 e. The lowest BCUT2D eigenvalue weighted by atomic mass is 10.0. The maximum absolute atomic E-state index is 13.6. The van der Waals surface area contributed by atoms with Gasteiger partial charge in [0.05, 0.1) is 11.0 Å². The highest BCUT2D eigenvalue weighted by Gasteiger charge is 2.48. The van der Waals surface area contributed by atoms with Crippen molar-refractivity contribution in [2.75, 3.05) is 18.9 Å². The number of benzene rings is 1. The average molecular weight is 477 g/mol. The van der Waals surface area contributed by atoms with Crippen LogP contribution >= 0.6 is 11.3 Å². The van der Waals surface area contributed by atoms with E-state index in [9.17, 15) is 14.4 Å². The molecule has 1 aromatic carbocycles. The normalized spacial score (nSPS) is 20.2. The van der Waals surface area contributed by atoms with E-state index < -0.39 is 12.1 Å². The number of Topliss-reactive ketones (excluding diaryl/α,β-unsaturated/α-hetero) is 1. The van der Waals surface area contributed by atoms with Crippen LogP contribution in [-0.4, -0.2) is 58.8 Å². The number of nitrogen functional groups attached to an aromatic ring is 1. The van der Waals surface area contributed by atoms with Crippen molar-refractivity contribution < 1.29 is 19.1 Å². The van der Waals surface area contributed by atoms with Gasteiger partial charge in [-0.05, 0) is 42.3 Å². The highest BCUT2D eigenvalue weighted by molar-refractivity contribution is 7.17. The third-order valence-electron chi connectivity index (χ3n) is 6.19. The molecule has 3 unspecified atom stereocenters. The Labute approximate surface area is 200 Å². The molecule has 8 nitrogen and oxygen atoms in total. The SMILES string of the molecule is Nc1ccc(CC(NC(=O)c2ccc(-c3cccnc3)s2)C(=O)N2CCC3OCC(=O)C32)cc1. The number of amides is 2. The number of ketones is 1. The molecule has 174 valence electrons. The number of fused-ring (bicyclic) bond motifs is 1. The molecule has 2 aliphatic rings. The number of hydrogen-bond acceptors (Lipinski definition) is 7. The molecule has 2 aliphatic heterocycles. The minimum absolute atomic E-state index is 0.0282. The molecule has 2 aromatic heterocycles. The Hall–Kier alpha value is -3.56. The number of aromatic nitrogens is 1. The molecule has 0 spiro atoms. The lowest BCUT2D eigenvalue weighted by Crippen LogP contribution is -2.53. The second-order valence-corrected chi connectivity index (χ2v) is 9.54. The van der Waals surface area contributed by atoms with Crippen LogP contribution in [0.15, 0.2) is 60.9 Å². The number of hydrogen-bond donors (Lipinski definition) is 2. The molecule has 0 saturated carbocycles. The van der Waals surface area contributed by atoms with Crippen molar-refractivity contribution in [2.24, 2.45) is 0 Å². The monoisotopic (exact) mass is 476 g/mol. The molecule has 4 heterocycles. The number of nitrogens with two attached hydrogens (primary N) is 1. The van der Waals surface area contributed by atoms with Crippen LogP contribution in [-0.2, 0) is 20.7 Å². The van der Waals surface area contributed by atoms with Crippen molar-refractivity contribution in [3.63, 3.8) is 0 Å². The zero-order chi connectivity index (χ0) is 23.7. The predicted molar refractivity (Wildman–Crippen MR) is 128 cm³/mol. The van der Waals surface area contributed by atoms with Gasteiger partial charge in [-0.15, -0.1) is 11.3 Å². The number of pyridine rings is 1. The number of anilines is 1. The van der Waals surface area contributed by atoms with Crippen molar-refractivity contribution in [3.05, 3.63) is 71.4 Å². The van der Waals surface area contributed by atoms with Gasteiger partial charge in [-0.25, -0.2) is 0 Å². The molecule has 3 atom stereocenters. The molecule has 34 heavy (non-hydrogen) atoms. The van der Waals surface area contributed by atoms with Gasteiger partial charge in [0, 0.05) is 41.5 Å². The lowest BCUT2D eigenvalue weighted by Gasteiger charge is -2.27. The van der Waals surface area contributed by atoms with Gasteiger partial charge in [-0.2, -0.15) is 0 Å². The van der Waals surface area contributed by atoms with Gasteiger partial charge in [0.2, 0.25) is 5.91 Å². The van der Waals surface area contributed by atoms with Gasteiger partial charge >= 0.3 is 0 Å². The van der Waals surface area contributed by atoms with Crippen molar-refractivity contribution in [1.29, 1.82) is 0 Å². The van der Waals surface area contributed by atoms with E-state index >= 15 is 0 Å². The second-order valence-electron chi connectivity index (χ2n) is 8.46. The number of thiophene rings is 1. The summed E-state index contributed by atoms with van der Waals surface area (Å²) in [6.45, 7) is 0.457.